The van der Waals surface area contributed by atoms with Gasteiger partial charge in [0, 0.05) is 50.4 Å². The average Bonchev–Trinajstić information content (AvgIpc) is 3.84. The number of fused-ring (bicyclic) bond motifs is 1. The number of nitrogens with zero attached hydrogens (tertiary/aromatic N) is 3. The maximum atomic E-state index is 13.3. The molecule has 3 aromatic rings. The molecule has 6 rings (SSSR count). The molecule has 41 heavy (non-hydrogen) atoms. The lowest BCUT2D eigenvalue weighted by Gasteiger charge is -2.32. The summed E-state index contributed by atoms with van der Waals surface area (Å²) in [5.41, 5.74) is 5.51. The molecule has 1 aliphatic carbocycles. The van der Waals surface area contributed by atoms with Crippen LogP contribution in [-0.2, 0) is 11.3 Å². The highest BCUT2D eigenvalue weighted by Gasteiger charge is 2.30. The van der Waals surface area contributed by atoms with Gasteiger partial charge in [0.15, 0.2) is 0 Å². The number of carbonyl (C=O) groups excluding carboxylic acids is 2. The molecule has 1 unspecified atom stereocenters. The third kappa shape index (κ3) is 6.20. The lowest BCUT2D eigenvalue weighted by molar-refractivity contribution is -0.122. The zero-order valence-electron chi connectivity index (χ0n) is 23.8. The SMILES string of the molecule is Cc1ccc(N(N)C(=O)c2ccc(CN3CCN(C)CC3)cc2)cc1-c1ccc2c(c1)=CNC(NC(=O)C1CC1)C=2. The molecule has 1 saturated heterocycles. The lowest BCUT2D eigenvalue weighted by Crippen LogP contribution is -2.48. The Labute approximate surface area is 241 Å². The van der Waals surface area contributed by atoms with Crippen molar-refractivity contribution in [1.82, 2.24) is 20.4 Å². The molecule has 1 atom stereocenters. The van der Waals surface area contributed by atoms with Crippen LogP contribution in [0.25, 0.3) is 23.4 Å². The molecule has 0 bridgehead atoms. The number of nitrogens with two attached hydrogens (primary N) is 1. The lowest BCUT2D eigenvalue weighted by atomic mass is 9.98. The first-order valence-corrected chi connectivity index (χ1v) is 14.4. The van der Waals surface area contributed by atoms with Crippen LogP contribution in [0.4, 0.5) is 5.69 Å². The summed E-state index contributed by atoms with van der Waals surface area (Å²) in [6, 6.07) is 19.9. The van der Waals surface area contributed by atoms with E-state index in [1.807, 2.05) is 54.7 Å². The minimum atomic E-state index is -0.247. The predicted octanol–water partition coefficient (Wildman–Crippen LogP) is 1.90. The summed E-state index contributed by atoms with van der Waals surface area (Å²) in [7, 11) is 2.16. The Kier molecular flexibility index (Phi) is 7.62. The second-order valence-corrected chi connectivity index (χ2v) is 11.5. The van der Waals surface area contributed by atoms with Gasteiger partial charge in [-0.15, -0.1) is 0 Å². The zero-order chi connectivity index (χ0) is 28.5. The highest BCUT2D eigenvalue weighted by molar-refractivity contribution is 6.05. The van der Waals surface area contributed by atoms with E-state index < -0.39 is 0 Å². The largest absolute Gasteiger partial charge is 0.368 e. The van der Waals surface area contributed by atoms with E-state index in [-0.39, 0.29) is 23.9 Å². The first-order chi connectivity index (χ1) is 19.8. The second-order valence-electron chi connectivity index (χ2n) is 11.5. The summed E-state index contributed by atoms with van der Waals surface area (Å²) in [6.07, 6.45) is 5.75. The van der Waals surface area contributed by atoms with E-state index in [0.717, 1.165) is 72.7 Å². The Morgan fingerprint density at radius 1 is 0.976 bits per heavy atom. The first-order valence-electron chi connectivity index (χ1n) is 14.4. The van der Waals surface area contributed by atoms with Crippen LogP contribution in [0.1, 0.15) is 34.3 Å². The van der Waals surface area contributed by atoms with Gasteiger partial charge in [-0.3, -0.25) is 14.5 Å². The van der Waals surface area contributed by atoms with E-state index in [1.165, 1.54) is 10.6 Å². The molecule has 2 fully saturated rings. The molecule has 2 amide bonds. The monoisotopic (exact) mass is 550 g/mol. The number of carbonyl (C=O) groups is 2. The Morgan fingerprint density at radius 3 is 2.46 bits per heavy atom. The van der Waals surface area contributed by atoms with Gasteiger partial charge in [0.25, 0.3) is 5.91 Å². The van der Waals surface area contributed by atoms with Crippen molar-refractivity contribution in [2.45, 2.75) is 32.5 Å². The van der Waals surface area contributed by atoms with Gasteiger partial charge in [0.2, 0.25) is 5.91 Å². The Hall–Kier alpha value is -3.98. The van der Waals surface area contributed by atoms with Crippen molar-refractivity contribution < 1.29 is 9.59 Å². The van der Waals surface area contributed by atoms with Gasteiger partial charge in [-0.25, -0.2) is 10.9 Å². The predicted molar refractivity (Wildman–Crippen MR) is 163 cm³/mol. The van der Waals surface area contributed by atoms with Crippen molar-refractivity contribution in [2.24, 2.45) is 11.8 Å². The van der Waals surface area contributed by atoms with Crippen molar-refractivity contribution in [3.05, 3.63) is 87.8 Å². The van der Waals surface area contributed by atoms with E-state index in [0.29, 0.717) is 11.3 Å². The smallest absolute Gasteiger partial charge is 0.272 e. The number of anilines is 1. The quantitative estimate of drug-likeness (QED) is 0.237. The second kappa shape index (κ2) is 11.5. The zero-order valence-corrected chi connectivity index (χ0v) is 23.8. The maximum absolute atomic E-state index is 13.3. The van der Waals surface area contributed by atoms with Gasteiger partial charge in [0.1, 0.15) is 6.17 Å². The van der Waals surface area contributed by atoms with Crippen LogP contribution in [0.5, 0.6) is 0 Å². The molecule has 3 aliphatic rings. The molecule has 1 saturated carbocycles. The Bertz CT molecular complexity index is 1570. The number of nitrogens with one attached hydrogen (secondary N) is 2. The highest BCUT2D eigenvalue weighted by atomic mass is 16.2. The average molecular weight is 551 g/mol. The summed E-state index contributed by atoms with van der Waals surface area (Å²) in [6.45, 7) is 7.21. The van der Waals surface area contributed by atoms with Crippen molar-refractivity contribution in [3.63, 3.8) is 0 Å². The minimum absolute atomic E-state index is 0.113. The van der Waals surface area contributed by atoms with Crippen LogP contribution in [-0.4, -0.2) is 61.0 Å². The summed E-state index contributed by atoms with van der Waals surface area (Å²) in [4.78, 5) is 30.2. The number of piperazine rings is 1. The number of likely N-dealkylation sites (N-methyl/N-ethyl adjacent to an activating group) is 1. The van der Waals surface area contributed by atoms with Crippen molar-refractivity contribution in [2.75, 3.05) is 38.2 Å². The van der Waals surface area contributed by atoms with Crippen LogP contribution in [0, 0.1) is 12.8 Å². The number of hydrogen-bond donors (Lipinski definition) is 3. The van der Waals surface area contributed by atoms with Gasteiger partial charge in [0.05, 0.1) is 5.69 Å². The number of benzene rings is 3. The molecule has 0 radical (unpaired) electrons. The molecule has 0 spiro atoms. The topological polar surface area (TPSA) is 93.9 Å². The van der Waals surface area contributed by atoms with Gasteiger partial charge in [-0.05, 0) is 95.9 Å². The number of hydrazine groups is 1. The van der Waals surface area contributed by atoms with Gasteiger partial charge < -0.3 is 15.5 Å². The summed E-state index contributed by atoms with van der Waals surface area (Å²) < 4.78 is 0. The van der Waals surface area contributed by atoms with Crippen LogP contribution in [0.15, 0.2) is 60.7 Å². The van der Waals surface area contributed by atoms with E-state index >= 15 is 0 Å². The van der Waals surface area contributed by atoms with Crippen molar-refractivity contribution in [3.8, 4) is 11.1 Å². The van der Waals surface area contributed by atoms with E-state index in [1.54, 1.807) is 0 Å². The number of aryl methyl sites for hydroxylation is 1. The first kappa shape index (κ1) is 27.2. The van der Waals surface area contributed by atoms with E-state index in [4.69, 9.17) is 5.84 Å². The number of amides is 2. The molecule has 3 aromatic carbocycles. The number of hydrogen-bond acceptors (Lipinski definition) is 6. The third-order valence-electron chi connectivity index (χ3n) is 8.33. The fraction of sp³-hybridized carbons (Fsp3) is 0.333. The fourth-order valence-corrected chi connectivity index (χ4v) is 5.47. The third-order valence-corrected chi connectivity index (χ3v) is 8.33. The normalized spacial score (nSPS) is 18.9. The Balaban J connectivity index is 1.16. The van der Waals surface area contributed by atoms with Crippen LogP contribution in [0.3, 0.4) is 0 Å². The molecule has 8 heteroatoms. The van der Waals surface area contributed by atoms with Crippen LogP contribution < -0.4 is 31.9 Å². The minimum Gasteiger partial charge on any atom is -0.368 e. The summed E-state index contributed by atoms with van der Waals surface area (Å²) >= 11 is 0. The van der Waals surface area contributed by atoms with Gasteiger partial charge in [-0.2, -0.15) is 0 Å². The highest BCUT2D eigenvalue weighted by Crippen LogP contribution is 2.29. The maximum Gasteiger partial charge on any atom is 0.272 e. The fourth-order valence-electron chi connectivity index (χ4n) is 5.47. The molecule has 8 nitrogen and oxygen atoms in total. The number of rotatable bonds is 7. The molecular formula is C33H38N6O2. The molecule has 0 aromatic heterocycles. The van der Waals surface area contributed by atoms with Crippen LogP contribution >= 0.6 is 0 Å². The van der Waals surface area contributed by atoms with Crippen molar-refractivity contribution in [1.29, 1.82) is 0 Å². The molecule has 2 heterocycles. The van der Waals surface area contributed by atoms with Crippen molar-refractivity contribution >= 4 is 29.8 Å². The molecular weight excluding hydrogens is 512 g/mol. The van der Waals surface area contributed by atoms with Gasteiger partial charge in [-0.1, -0.05) is 30.3 Å². The summed E-state index contributed by atoms with van der Waals surface area (Å²) in [5.74, 6) is 6.41. The molecule has 4 N–H and O–H groups in total. The summed E-state index contributed by atoms with van der Waals surface area (Å²) in [5, 5.41) is 9.67. The molecule has 2 aliphatic heterocycles. The molecule has 212 valence electrons. The standard InChI is InChI=1S/C33H38N6O2/c1-22-3-12-29(39(34)33(41)25-6-4-23(5-7-25)21-38-15-13-37(2)14-16-38)19-30(22)27-11-10-26-18-31(35-20-28(26)17-27)36-32(40)24-8-9-24/h3-7,10-12,17-20,24,31,35H,8-9,13-16,21,34H2,1-2H3,(H,36,40). The van der Waals surface area contributed by atoms with E-state index in [9.17, 15) is 9.59 Å². The Morgan fingerprint density at radius 2 is 1.73 bits per heavy atom. The van der Waals surface area contributed by atoms with Gasteiger partial charge >= 0.3 is 0 Å². The van der Waals surface area contributed by atoms with E-state index in [2.05, 4.69) is 52.6 Å². The van der Waals surface area contributed by atoms with Crippen LogP contribution in [0.2, 0.25) is 0 Å².